The third-order valence-corrected chi connectivity index (χ3v) is 25.8. The Morgan fingerprint density at radius 3 is 1.43 bits per heavy atom. The minimum absolute atomic E-state index is 0. The van der Waals surface area contributed by atoms with Gasteiger partial charge in [0.1, 0.15) is 79.7 Å². The number of carbonyl (C=O) groups excluding carboxylic acids is 5. The first-order valence-corrected chi connectivity index (χ1v) is 42.1. The normalized spacial score (nSPS) is 31.2. The van der Waals surface area contributed by atoms with Crippen LogP contribution in [0, 0.1) is 17.8 Å². The monoisotopic (exact) mass is 1910 g/mol. The van der Waals surface area contributed by atoms with Gasteiger partial charge < -0.3 is 121 Å². The fourth-order valence-electron chi connectivity index (χ4n) is 12.6. The number of aliphatic hydroxyl groups excluding tert-OH is 11. The van der Waals surface area contributed by atoms with Crippen LogP contribution in [0.2, 0.25) is 0 Å². The predicted molar refractivity (Wildman–Crippen MR) is 412 cm³/mol. The molecule has 4 fully saturated rings. The number of hydrogen-bond acceptors (Lipinski definition) is 30. The van der Waals surface area contributed by atoms with Crippen LogP contribution in [0.15, 0.2) is 173 Å². The second-order valence-corrected chi connectivity index (χ2v) is 34.3. The van der Waals surface area contributed by atoms with Crippen molar-refractivity contribution in [1.29, 1.82) is 0 Å². The van der Waals surface area contributed by atoms with Crippen molar-refractivity contribution in [2.45, 2.75) is 155 Å². The van der Waals surface area contributed by atoms with Gasteiger partial charge in [0.05, 0.1) is 53.0 Å². The molecule has 0 spiro atoms. The van der Waals surface area contributed by atoms with E-state index in [1.165, 1.54) is 57.7 Å². The number of allylic oxidation sites excluding steroid dienone is 3. The third-order valence-electron chi connectivity index (χ3n) is 18.5. The van der Waals surface area contributed by atoms with Crippen molar-refractivity contribution in [3.63, 3.8) is 0 Å². The van der Waals surface area contributed by atoms with Crippen LogP contribution in [-0.2, 0) is 94.9 Å². The number of hydrogen-bond donors (Lipinski definition) is 18. The summed E-state index contributed by atoms with van der Waals surface area (Å²) in [5, 5.41) is 113. The van der Waals surface area contributed by atoms with E-state index in [0.717, 1.165) is 30.9 Å². The van der Waals surface area contributed by atoms with Gasteiger partial charge >= 0.3 is 35.5 Å². The number of carbonyl (C=O) groups is 5. The molecule has 20 N–H and O–H groups in total. The van der Waals surface area contributed by atoms with Crippen molar-refractivity contribution in [2.75, 3.05) is 40.6 Å². The zero-order chi connectivity index (χ0) is 84.4. The number of benzene rings is 3. The van der Waals surface area contributed by atoms with E-state index in [9.17, 15) is 83.4 Å². The first-order valence-electron chi connectivity index (χ1n) is 35.2. The molecule has 116 heavy (non-hydrogen) atoms. The number of esters is 1. The molecule has 13 rings (SSSR count). The molecule has 0 aromatic heterocycles. The molecule has 3 aromatic rings. The number of urea groups is 1. The fourth-order valence-corrected chi connectivity index (χ4v) is 18.4. The number of methoxy groups -OCH3 is 2. The van der Waals surface area contributed by atoms with Gasteiger partial charge in [-0.15, -0.1) is 0 Å². The van der Waals surface area contributed by atoms with Crippen LogP contribution in [0.4, 0.5) is 4.79 Å². The molecule has 10 aliphatic rings. The summed E-state index contributed by atoms with van der Waals surface area (Å²) in [4.78, 5) is 99.6. The zero-order valence-electron chi connectivity index (χ0n) is 61.8. The Balaban J connectivity index is 0.000000200. The number of halogens is 1. The summed E-state index contributed by atoms with van der Waals surface area (Å²) in [5.41, 5.74) is 13.7. The second kappa shape index (κ2) is 44.4. The molecule has 22 atom stereocenters. The Bertz CT molecular complexity index is 4170. The summed E-state index contributed by atoms with van der Waals surface area (Å²) in [7, 11) is -14.3. The topological polar surface area (TPSA) is 600 Å². The van der Waals surface area contributed by atoms with Crippen LogP contribution in [0.25, 0.3) is 0 Å². The summed E-state index contributed by atoms with van der Waals surface area (Å²) in [6, 6.07) is 30.5. The van der Waals surface area contributed by atoms with Crippen molar-refractivity contribution in [1.82, 2.24) is 24.9 Å². The van der Waals surface area contributed by atoms with E-state index in [-0.39, 0.29) is 69.5 Å². The molecule has 2 aliphatic carbocycles. The summed E-state index contributed by atoms with van der Waals surface area (Å²) < 4.78 is 76.1. The molecule has 0 radical (unpaired) electrons. The van der Waals surface area contributed by atoms with Gasteiger partial charge in [0, 0.05) is 85.7 Å². The van der Waals surface area contributed by atoms with Crippen molar-refractivity contribution >= 4 is 99.6 Å². The number of nitrogens with two attached hydrogens (primary N) is 2. The number of aliphatic hydroxyl groups is 11. The van der Waals surface area contributed by atoms with Crippen LogP contribution >= 0.6 is 54.0 Å². The first kappa shape index (κ1) is 97.0. The van der Waals surface area contributed by atoms with Gasteiger partial charge in [-0.05, 0) is 76.3 Å². The van der Waals surface area contributed by atoms with Gasteiger partial charge in [-0.3, -0.25) is 43.3 Å². The van der Waals surface area contributed by atoms with Crippen LogP contribution in [0.5, 0.6) is 0 Å². The molecule has 5 amide bonds. The smallest absolute Gasteiger partial charge is 0.490 e. The van der Waals surface area contributed by atoms with Crippen LogP contribution in [0.1, 0.15) is 38.5 Å². The Kier molecular flexibility index (Phi) is 37.2. The van der Waals surface area contributed by atoms with Crippen LogP contribution < -0.4 is 32.7 Å². The molecule has 45 heteroatoms. The molecule has 4 saturated heterocycles. The maximum atomic E-state index is 12.3. The van der Waals surface area contributed by atoms with Gasteiger partial charge in [0.2, 0.25) is 17.7 Å². The molecule has 22 unspecified atom stereocenters. The Hall–Kier alpha value is -6.10. The van der Waals surface area contributed by atoms with E-state index in [1.807, 2.05) is 40.8 Å². The first-order chi connectivity index (χ1) is 54.5. The van der Waals surface area contributed by atoms with Crippen LogP contribution in [0.3, 0.4) is 0 Å². The molecule has 640 valence electrons. The number of phosphoric acid groups is 3. The molecule has 3 aromatic carbocycles. The molecular weight excluding hydrogens is 1820 g/mol. The van der Waals surface area contributed by atoms with Gasteiger partial charge in [0.15, 0.2) is 24.9 Å². The number of amides is 5. The molecule has 39 nitrogen and oxygen atoms in total. The van der Waals surface area contributed by atoms with E-state index in [2.05, 4.69) is 137 Å². The largest absolute Gasteiger partial charge is 0.505 e. The van der Waals surface area contributed by atoms with Crippen molar-refractivity contribution in [3.8, 4) is 11.8 Å². The van der Waals surface area contributed by atoms with E-state index >= 15 is 0 Å². The van der Waals surface area contributed by atoms with Gasteiger partial charge in [-0.25, -0.2) is 18.5 Å². The van der Waals surface area contributed by atoms with E-state index in [1.54, 1.807) is 19.4 Å². The summed E-state index contributed by atoms with van der Waals surface area (Å²) in [6.07, 6.45) is -2.94. The number of nitrogens with one attached hydrogen (secondary N) is 1. The zero-order valence-corrected chi connectivity index (χ0v) is 69.0. The summed E-state index contributed by atoms with van der Waals surface area (Å²) in [5.74, 6) is 4.21. The molecular formula is C71H92IN7O32P4Pd. The van der Waals surface area contributed by atoms with Crippen molar-refractivity contribution in [2.24, 2.45) is 17.4 Å². The van der Waals surface area contributed by atoms with E-state index < -0.39 is 180 Å². The SMILES string of the molecule is C=COC.COC(=O)CC#CC1=CN(C2OC(CO)C(O)C2O)C(=O)CC1N.NC1CC(=O)N(C2OC(CO)C(O)C2O)C=C1I.O=C1CC2CC=CC2=CN1C1OC(CO)C(O)C1O.O=C1NC2CC=CC2=CN1C1OC(COP(=O)(O)OP(=O)(O)OP(=O)(O)O)C(O)C1O.[Pd].c1ccc(P(c2ccccc2)c2ccccc2)cc1. The van der Waals surface area contributed by atoms with Crippen LogP contribution in [-0.4, -0.2) is 282 Å². The van der Waals surface area contributed by atoms with Crippen molar-refractivity contribution in [3.05, 3.63) is 173 Å². The third kappa shape index (κ3) is 25.7. The Morgan fingerprint density at radius 1 is 0.578 bits per heavy atom. The summed E-state index contributed by atoms with van der Waals surface area (Å²) >= 11 is 2.01. The molecule has 0 bridgehead atoms. The van der Waals surface area contributed by atoms with Gasteiger partial charge in [-0.1, -0.05) is 134 Å². The van der Waals surface area contributed by atoms with E-state index in [4.69, 9.17) is 60.4 Å². The minimum Gasteiger partial charge on any atom is -0.505 e. The van der Waals surface area contributed by atoms with Gasteiger partial charge in [0.25, 0.3) is 0 Å². The number of nitrogens with zero attached hydrogens (tertiary/aromatic N) is 4. The maximum Gasteiger partial charge on any atom is 0.490 e. The predicted octanol–water partition coefficient (Wildman–Crippen LogP) is -1.95. The Labute approximate surface area is 693 Å². The van der Waals surface area contributed by atoms with Crippen molar-refractivity contribution < 1.29 is 175 Å². The minimum atomic E-state index is -5.71. The number of ether oxygens (including phenoxy) is 6. The molecule has 0 saturated carbocycles. The number of fused-ring (bicyclic) bond motifs is 2. The molecule has 8 aliphatic heterocycles. The standard InChI is InChI=1S/C18H15P.C15H20N2O7.C13H17NO5.C12H19N2O14P3.C10H15IN2O5.C3H6O.Pd/c1-4-10-16(11-5-1)19(17-12-6-2-7-13-17)18-14-8-3-9-15-18;1-23-12(20)4-2-3-8-6-17(11(19)5-9(8)16)15-14(22)13(21)10(7-18)24-15;15-6-9-11(17)12(18)13(19-9)14-5-8-3-1-2-7(8)4-10(14)16;15-9-8(5-25-30(21,22)28-31(23,24)27-29(18,19)20)26-11(10(9)16)14-4-6-2-1-3-7(6)13-12(14)17;11-4-2-13(7(15)1-5(4)12)10-9(17)8(16)6(3-14)18-10;1-3-4-2;/h1-15H;6,9-10,13-15,18,21-22H,4-5,7,16H2,1H3;1,3,5,7,9,11-13,15,17-18H,2,4,6H2;1-2,4,7-11,15-16H,3,5H2,(H,13,17)(H,21,22)(H,23,24)(H2,18,19,20);2,5-6,8-10,14,16-17H,1,3,12H2;3H,1H2,2H3;. The second-order valence-electron chi connectivity index (χ2n) is 26.4. The maximum absolute atomic E-state index is 12.3. The van der Waals surface area contributed by atoms with E-state index in [0.29, 0.717) is 18.4 Å². The molecule has 8 heterocycles. The quantitative estimate of drug-likeness (QED) is 0.0155. The van der Waals surface area contributed by atoms with Gasteiger partial charge in [-0.2, -0.15) is 8.62 Å². The average molecular weight is 1910 g/mol. The number of rotatable bonds is 19. The fraction of sp³-hybridized carbons (Fsp3) is 0.451. The Morgan fingerprint density at radius 2 is 0.983 bits per heavy atom. The summed E-state index contributed by atoms with van der Waals surface area (Å²) in [6.45, 7) is 0.971. The number of phosphoric ester groups is 1. The average Bonchev–Trinajstić information content (AvgIpc) is 1.65.